The van der Waals surface area contributed by atoms with Crippen molar-refractivity contribution in [1.82, 2.24) is 10.1 Å². The van der Waals surface area contributed by atoms with Crippen LogP contribution in [0.2, 0.25) is 0 Å². The Kier molecular flexibility index (Phi) is 5.49. The Morgan fingerprint density at radius 2 is 2.07 bits per heavy atom. The lowest BCUT2D eigenvalue weighted by atomic mass is 10.1. The average Bonchev–Trinajstić information content (AvgIpc) is 3.20. The van der Waals surface area contributed by atoms with Crippen molar-refractivity contribution >= 4 is 17.3 Å². The Hall–Kier alpha value is -3.95. The highest BCUT2D eigenvalue weighted by Crippen LogP contribution is 2.28. The zero-order valence-electron chi connectivity index (χ0n) is 15.0. The number of benzene rings is 2. The number of para-hydroxylation sites is 1. The van der Waals surface area contributed by atoms with Crippen LogP contribution in [-0.2, 0) is 11.3 Å². The molecule has 0 spiro atoms. The number of rotatable bonds is 7. The summed E-state index contributed by atoms with van der Waals surface area (Å²) in [5, 5.41) is 17.6. The van der Waals surface area contributed by atoms with E-state index in [0.717, 1.165) is 6.07 Å². The second kappa shape index (κ2) is 8.16. The Bertz CT molecular complexity index is 1020. The first-order valence-corrected chi connectivity index (χ1v) is 8.12. The third-order valence-corrected chi connectivity index (χ3v) is 3.84. The lowest BCUT2D eigenvalue weighted by molar-refractivity contribution is -0.384. The first-order valence-electron chi connectivity index (χ1n) is 8.12. The molecule has 0 saturated carbocycles. The van der Waals surface area contributed by atoms with E-state index in [4.69, 9.17) is 14.0 Å². The van der Waals surface area contributed by atoms with E-state index >= 15 is 0 Å². The van der Waals surface area contributed by atoms with Crippen LogP contribution in [0, 0.1) is 10.1 Å². The highest BCUT2D eigenvalue weighted by Gasteiger charge is 2.19. The fourth-order valence-corrected chi connectivity index (χ4v) is 2.48. The molecule has 3 rings (SSSR count). The summed E-state index contributed by atoms with van der Waals surface area (Å²) >= 11 is 0. The van der Waals surface area contributed by atoms with Crippen LogP contribution in [0.15, 0.2) is 47.0 Å². The molecule has 0 aliphatic rings. The molecule has 10 heteroatoms. The minimum absolute atomic E-state index is 0.0372. The molecule has 1 heterocycles. The minimum atomic E-state index is -0.747. The highest BCUT2D eigenvalue weighted by atomic mass is 16.6. The van der Waals surface area contributed by atoms with Gasteiger partial charge in [0.2, 0.25) is 5.82 Å². The van der Waals surface area contributed by atoms with Gasteiger partial charge in [-0.25, -0.2) is 4.79 Å². The van der Waals surface area contributed by atoms with Crippen molar-refractivity contribution in [2.45, 2.75) is 6.61 Å². The molecule has 0 bridgehead atoms. The zero-order valence-corrected chi connectivity index (χ0v) is 15.0. The van der Waals surface area contributed by atoms with Gasteiger partial charge in [-0.1, -0.05) is 17.3 Å². The number of nitro benzene ring substituents is 1. The maximum atomic E-state index is 12.2. The lowest BCUT2D eigenvalue weighted by Gasteiger charge is -2.05. The third-order valence-electron chi connectivity index (χ3n) is 3.84. The van der Waals surface area contributed by atoms with Crippen LogP contribution in [0.3, 0.4) is 0 Å². The number of anilines is 1. The summed E-state index contributed by atoms with van der Waals surface area (Å²) in [6.45, 7) is -0.275. The van der Waals surface area contributed by atoms with E-state index in [-0.39, 0.29) is 29.6 Å². The molecule has 144 valence electrons. The van der Waals surface area contributed by atoms with Gasteiger partial charge in [-0.3, -0.25) is 10.1 Å². The van der Waals surface area contributed by atoms with Crippen molar-refractivity contribution in [3.8, 4) is 17.1 Å². The summed E-state index contributed by atoms with van der Waals surface area (Å²) in [4.78, 5) is 26.9. The summed E-state index contributed by atoms with van der Waals surface area (Å²) < 4.78 is 15.5. The number of hydrogen-bond acceptors (Lipinski definition) is 9. The van der Waals surface area contributed by atoms with Crippen LogP contribution in [-0.4, -0.2) is 35.2 Å². The summed E-state index contributed by atoms with van der Waals surface area (Å²) in [7, 11) is 3.08. The molecule has 1 N–H and O–H groups in total. The molecule has 3 aromatic rings. The van der Waals surface area contributed by atoms with Crippen LogP contribution >= 0.6 is 0 Å². The molecule has 0 amide bonds. The van der Waals surface area contributed by atoms with E-state index in [2.05, 4.69) is 15.5 Å². The van der Waals surface area contributed by atoms with Crippen LogP contribution in [0.1, 0.15) is 16.2 Å². The Balaban J connectivity index is 1.71. The average molecular weight is 384 g/mol. The van der Waals surface area contributed by atoms with E-state index in [0.29, 0.717) is 17.0 Å². The second-order valence-corrected chi connectivity index (χ2v) is 5.53. The second-order valence-electron chi connectivity index (χ2n) is 5.53. The number of aromatic nitrogens is 2. The SMILES string of the molecule is CNc1ccc(C(=O)OCc2nc(-c3ccccc3OC)no2)cc1[N+](=O)[O-]. The summed E-state index contributed by atoms with van der Waals surface area (Å²) in [6, 6.07) is 11.1. The number of hydrogen-bond donors (Lipinski definition) is 1. The Morgan fingerprint density at radius 1 is 1.29 bits per heavy atom. The van der Waals surface area contributed by atoms with E-state index < -0.39 is 10.9 Å². The standard InChI is InChI=1S/C18H16N4O6/c1-19-13-8-7-11(9-14(13)22(24)25)18(23)27-10-16-20-17(21-28-16)12-5-3-4-6-15(12)26-2/h3-9,19H,10H2,1-2H3. The summed E-state index contributed by atoms with van der Waals surface area (Å²) in [5.74, 6) is 0.194. The van der Waals surface area contributed by atoms with Crippen molar-refractivity contribution in [3.63, 3.8) is 0 Å². The Labute approximate surface area is 159 Å². The van der Waals surface area contributed by atoms with Crippen molar-refractivity contribution in [1.29, 1.82) is 0 Å². The number of methoxy groups -OCH3 is 1. The molecule has 28 heavy (non-hydrogen) atoms. The highest BCUT2D eigenvalue weighted by molar-refractivity contribution is 5.91. The molecule has 2 aromatic carbocycles. The number of nitrogens with one attached hydrogen (secondary N) is 1. The normalized spacial score (nSPS) is 10.4. The lowest BCUT2D eigenvalue weighted by Crippen LogP contribution is -2.07. The largest absolute Gasteiger partial charge is 0.496 e. The van der Waals surface area contributed by atoms with Gasteiger partial charge < -0.3 is 19.3 Å². The molecule has 0 atom stereocenters. The number of nitro groups is 1. The number of nitrogens with zero attached hydrogens (tertiary/aromatic N) is 3. The monoisotopic (exact) mass is 384 g/mol. The van der Waals surface area contributed by atoms with Crippen LogP contribution in [0.4, 0.5) is 11.4 Å². The van der Waals surface area contributed by atoms with Crippen LogP contribution < -0.4 is 10.1 Å². The molecular weight excluding hydrogens is 368 g/mol. The first-order chi connectivity index (χ1) is 13.5. The molecule has 0 saturated heterocycles. The molecule has 0 radical (unpaired) electrons. The Morgan fingerprint density at radius 3 is 2.79 bits per heavy atom. The van der Waals surface area contributed by atoms with Gasteiger partial charge in [0, 0.05) is 13.1 Å². The molecule has 0 fully saturated rings. The van der Waals surface area contributed by atoms with Gasteiger partial charge in [0.15, 0.2) is 6.61 Å². The van der Waals surface area contributed by atoms with Crippen molar-refractivity contribution in [2.24, 2.45) is 0 Å². The van der Waals surface area contributed by atoms with Gasteiger partial charge >= 0.3 is 5.97 Å². The molecule has 1 aromatic heterocycles. The van der Waals surface area contributed by atoms with E-state index in [1.165, 1.54) is 19.2 Å². The van der Waals surface area contributed by atoms with Crippen molar-refractivity contribution in [2.75, 3.05) is 19.5 Å². The molecular formula is C18H16N4O6. The van der Waals surface area contributed by atoms with Gasteiger partial charge in [0.1, 0.15) is 11.4 Å². The van der Waals surface area contributed by atoms with Gasteiger partial charge in [0.25, 0.3) is 11.6 Å². The maximum absolute atomic E-state index is 12.2. The summed E-state index contributed by atoms with van der Waals surface area (Å²) in [6.07, 6.45) is 0. The minimum Gasteiger partial charge on any atom is -0.496 e. The molecule has 0 unspecified atom stereocenters. The van der Waals surface area contributed by atoms with Gasteiger partial charge in [-0.15, -0.1) is 0 Å². The number of ether oxygens (including phenoxy) is 2. The van der Waals surface area contributed by atoms with E-state index in [1.807, 2.05) is 6.07 Å². The smallest absolute Gasteiger partial charge is 0.338 e. The first kappa shape index (κ1) is 18.8. The van der Waals surface area contributed by atoms with Gasteiger partial charge in [0.05, 0.1) is 23.2 Å². The van der Waals surface area contributed by atoms with E-state index in [1.54, 1.807) is 25.2 Å². The van der Waals surface area contributed by atoms with Gasteiger partial charge in [-0.05, 0) is 24.3 Å². The fourth-order valence-electron chi connectivity index (χ4n) is 2.48. The number of esters is 1. The predicted molar refractivity (Wildman–Crippen MR) is 98.0 cm³/mol. The fraction of sp³-hybridized carbons (Fsp3) is 0.167. The third kappa shape index (κ3) is 3.90. The van der Waals surface area contributed by atoms with E-state index in [9.17, 15) is 14.9 Å². The molecule has 10 nitrogen and oxygen atoms in total. The van der Waals surface area contributed by atoms with Crippen LogP contribution in [0.5, 0.6) is 5.75 Å². The predicted octanol–water partition coefficient (Wildman–Crippen LogP) is 3.05. The van der Waals surface area contributed by atoms with Crippen LogP contribution in [0.25, 0.3) is 11.4 Å². The number of carbonyl (C=O) groups is 1. The summed E-state index contributed by atoms with van der Waals surface area (Å²) in [5.41, 5.74) is 0.730. The number of carbonyl (C=O) groups excluding carboxylic acids is 1. The van der Waals surface area contributed by atoms with Crippen molar-refractivity contribution in [3.05, 3.63) is 64.0 Å². The maximum Gasteiger partial charge on any atom is 0.338 e. The topological polar surface area (TPSA) is 130 Å². The van der Waals surface area contributed by atoms with Gasteiger partial charge in [-0.2, -0.15) is 4.98 Å². The molecule has 0 aliphatic heterocycles. The molecule has 0 aliphatic carbocycles. The zero-order chi connectivity index (χ0) is 20.1. The quantitative estimate of drug-likeness (QED) is 0.371. The van der Waals surface area contributed by atoms with Crippen molar-refractivity contribution < 1.29 is 23.7 Å².